The highest BCUT2D eigenvalue weighted by Crippen LogP contribution is 2.69. The van der Waals surface area contributed by atoms with E-state index in [1.54, 1.807) is 6.92 Å². The lowest BCUT2D eigenvalue weighted by Gasteiger charge is -2.66. The largest absolute Gasteiger partial charge is 0.393 e. The topological polar surface area (TPSA) is 98.0 Å². The van der Waals surface area contributed by atoms with Gasteiger partial charge in [0.15, 0.2) is 0 Å². The van der Waals surface area contributed by atoms with Gasteiger partial charge in [-0.1, -0.05) is 25.5 Å². The fourth-order valence-corrected chi connectivity index (χ4v) is 7.46. The van der Waals surface area contributed by atoms with Gasteiger partial charge in [-0.05, 0) is 57.3 Å². The van der Waals surface area contributed by atoms with Gasteiger partial charge < -0.3 is 20.4 Å². The van der Waals surface area contributed by atoms with Gasteiger partial charge in [0.2, 0.25) is 0 Å². The van der Waals surface area contributed by atoms with Gasteiger partial charge in [-0.15, -0.1) is 0 Å². The summed E-state index contributed by atoms with van der Waals surface area (Å²) in [4.78, 5) is 12.2. The van der Waals surface area contributed by atoms with Crippen LogP contribution < -0.4 is 0 Å². The monoisotopic (exact) mass is 364 g/mol. The van der Waals surface area contributed by atoms with E-state index in [-0.39, 0.29) is 24.2 Å². The average molecular weight is 364 g/mol. The maximum atomic E-state index is 12.2. The van der Waals surface area contributed by atoms with E-state index in [0.717, 1.165) is 5.57 Å². The first-order valence-electron chi connectivity index (χ1n) is 10.0. The molecule has 8 atom stereocenters. The summed E-state index contributed by atoms with van der Waals surface area (Å²) < 4.78 is 0. The third-order valence-corrected chi connectivity index (χ3v) is 8.78. The molecule has 5 nitrogen and oxygen atoms in total. The quantitative estimate of drug-likeness (QED) is 0.531. The van der Waals surface area contributed by atoms with Crippen LogP contribution in [0.3, 0.4) is 0 Å². The number of carbonyl (C=O) groups excluding carboxylic acids is 1. The van der Waals surface area contributed by atoms with Crippen molar-refractivity contribution in [3.05, 3.63) is 11.6 Å². The zero-order valence-corrected chi connectivity index (χ0v) is 16.0. The van der Waals surface area contributed by atoms with E-state index in [9.17, 15) is 25.2 Å². The number of hydrogen-bond donors (Lipinski definition) is 4. The van der Waals surface area contributed by atoms with E-state index < -0.39 is 34.1 Å². The molecule has 0 spiro atoms. The first-order valence-corrected chi connectivity index (χ1v) is 10.0. The Bertz CT molecular complexity index is 673. The molecule has 0 aliphatic heterocycles. The maximum Gasteiger partial charge on any atom is 0.133 e. The Balaban J connectivity index is 1.84. The number of fused-ring (bicyclic) bond motifs is 5. The van der Waals surface area contributed by atoms with E-state index >= 15 is 0 Å². The molecule has 3 saturated carbocycles. The summed E-state index contributed by atoms with van der Waals surface area (Å²) in [6.45, 7) is 5.48. The van der Waals surface area contributed by atoms with E-state index in [1.165, 1.54) is 0 Å². The van der Waals surface area contributed by atoms with Gasteiger partial charge >= 0.3 is 0 Å². The summed E-state index contributed by atoms with van der Waals surface area (Å²) >= 11 is 0. The number of Topliss-reactive ketones (excluding diaryl/α,β-unsaturated/α-hetero) is 1. The predicted molar refractivity (Wildman–Crippen MR) is 96.2 cm³/mol. The van der Waals surface area contributed by atoms with Crippen LogP contribution in [-0.4, -0.2) is 49.6 Å². The average Bonchev–Trinajstić information content (AvgIpc) is 2.81. The van der Waals surface area contributed by atoms with Crippen LogP contribution in [0.1, 0.15) is 65.7 Å². The Morgan fingerprint density at radius 1 is 1.15 bits per heavy atom. The van der Waals surface area contributed by atoms with Gasteiger partial charge in [0.1, 0.15) is 17.0 Å². The Labute approximate surface area is 155 Å². The van der Waals surface area contributed by atoms with Crippen molar-refractivity contribution in [2.75, 3.05) is 0 Å². The van der Waals surface area contributed by atoms with E-state index in [1.807, 2.05) is 13.0 Å². The fraction of sp³-hybridized carbons (Fsp3) is 0.857. The summed E-state index contributed by atoms with van der Waals surface area (Å²) in [6.07, 6.45) is 4.25. The maximum absolute atomic E-state index is 12.2. The van der Waals surface area contributed by atoms with Crippen LogP contribution >= 0.6 is 0 Å². The Morgan fingerprint density at radius 3 is 2.50 bits per heavy atom. The molecule has 4 N–H and O–H groups in total. The SMILES string of the molecule is CC(=O)C1CCC2(O)C1(C)CC(O)C1C3(C)CCC(O)CC3=CCC12O. The van der Waals surface area contributed by atoms with Gasteiger partial charge in [-0.2, -0.15) is 0 Å². The van der Waals surface area contributed by atoms with Gasteiger partial charge in [-0.3, -0.25) is 4.79 Å². The molecule has 0 amide bonds. The Hall–Kier alpha value is -0.750. The molecule has 4 aliphatic rings. The van der Waals surface area contributed by atoms with Crippen LogP contribution in [0.4, 0.5) is 0 Å². The zero-order valence-electron chi connectivity index (χ0n) is 16.0. The Kier molecular flexibility index (Phi) is 3.87. The minimum Gasteiger partial charge on any atom is -0.393 e. The summed E-state index contributed by atoms with van der Waals surface area (Å²) in [7, 11) is 0. The Morgan fingerprint density at radius 2 is 1.85 bits per heavy atom. The lowest BCUT2D eigenvalue weighted by molar-refractivity contribution is -0.295. The standard InChI is InChI=1S/C21H32O5/c1-12(22)15-6-9-21(26)19(15,3)11-16(24)17-18(2)7-5-14(23)10-13(18)4-8-20(17,21)25/h4,14-17,23-26H,5-11H2,1-3H3. The van der Waals surface area contributed by atoms with Crippen LogP contribution in [0.2, 0.25) is 0 Å². The van der Waals surface area contributed by atoms with Crippen molar-refractivity contribution < 1.29 is 25.2 Å². The second kappa shape index (κ2) is 5.40. The molecule has 0 saturated heterocycles. The third-order valence-electron chi connectivity index (χ3n) is 8.78. The fourth-order valence-electron chi connectivity index (χ4n) is 7.46. The molecular weight excluding hydrogens is 332 g/mol. The number of hydrogen-bond acceptors (Lipinski definition) is 5. The van der Waals surface area contributed by atoms with Crippen LogP contribution in [0.25, 0.3) is 0 Å². The molecule has 0 aromatic rings. The minimum absolute atomic E-state index is 0.0247. The number of ketones is 1. The summed E-state index contributed by atoms with van der Waals surface area (Å²) in [5.74, 6) is -0.790. The summed E-state index contributed by atoms with van der Waals surface area (Å²) in [6, 6.07) is 0. The normalized spacial score (nSPS) is 56.2. The highest BCUT2D eigenvalue weighted by atomic mass is 16.4. The van der Waals surface area contributed by atoms with Gasteiger partial charge in [0.05, 0.1) is 12.2 Å². The predicted octanol–water partition coefficient (Wildman–Crippen LogP) is 1.72. The van der Waals surface area contributed by atoms with Crippen LogP contribution in [-0.2, 0) is 4.79 Å². The van der Waals surface area contributed by atoms with Crippen LogP contribution in [0.15, 0.2) is 11.6 Å². The molecule has 0 bridgehead atoms. The van der Waals surface area contributed by atoms with Gasteiger partial charge in [-0.25, -0.2) is 0 Å². The zero-order chi connectivity index (χ0) is 19.1. The van der Waals surface area contributed by atoms with E-state index in [2.05, 4.69) is 6.92 Å². The minimum atomic E-state index is -1.45. The number of carbonyl (C=O) groups is 1. The molecule has 146 valence electrons. The van der Waals surface area contributed by atoms with Crippen LogP contribution in [0.5, 0.6) is 0 Å². The molecule has 0 radical (unpaired) electrons. The number of rotatable bonds is 1. The molecule has 26 heavy (non-hydrogen) atoms. The number of aliphatic hydroxyl groups is 4. The highest BCUT2D eigenvalue weighted by Gasteiger charge is 2.75. The van der Waals surface area contributed by atoms with Crippen LogP contribution in [0, 0.1) is 22.7 Å². The first-order chi connectivity index (χ1) is 12.0. The van der Waals surface area contributed by atoms with Gasteiger partial charge in [0.25, 0.3) is 0 Å². The first kappa shape index (κ1) is 18.6. The van der Waals surface area contributed by atoms with Crippen molar-refractivity contribution >= 4 is 5.78 Å². The summed E-state index contributed by atoms with van der Waals surface area (Å²) in [5, 5.41) is 45.0. The molecule has 0 aromatic carbocycles. The molecule has 0 aromatic heterocycles. The number of aliphatic hydroxyl groups excluding tert-OH is 2. The molecule has 8 unspecified atom stereocenters. The van der Waals surface area contributed by atoms with E-state index in [0.29, 0.717) is 38.5 Å². The summed E-state index contributed by atoms with van der Waals surface area (Å²) in [5.41, 5.74) is -3.00. The molecule has 4 aliphatic carbocycles. The molecular formula is C21H32O5. The lowest BCUT2D eigenvalue weighted by atomic mass is 9.43. The van der Waals surface area contributed by atoms with Crippen molar-refractivity contribution in [3.63, 3.8) is 0 Å². The molecule has 4 rings (SSSR count). The van der Waals surface area contributed by atoms with Crippen molar-refractivity contribution in [1.29, 1.82) is 0 Å². The molecule has 5 heteroatoms. The third kappa shape index (κ3) is 1.98. The molecule has 0 heterocycles. The van der Waals surface area contributed by atoms with Crippen molar-refractivity contribution in [1.82, 2.24) is 0 Å². The lowest BCUT2D eigenvalue weighted by Crippen LogP contribution is -2.75. The van der Waals surface area contributed by atoms with Crippen molar-refractivity contribution in [2.24, 2.45) is 22.7 Å². The second-order valence-corrected chi connectivity index (χ2v) is 9.90. The van der Waals surface area contributed by atoms with E-state index in [4.69, 9.17) is 0 Å². The smallest absolute Gasteiger partial charge is 0.133 e. The van der Waals surface area contributed by atoms with Crippen molar-refractivity contribution in [2.45, 2.75) is 89.1 Å². The van der Waals surface area contributed by atoms with Gasteiger partial charge in [0, 0.05) is 17.3 Å². The second-order valence-electron chi connectivity index (χ2n) is 9.90. The van der Waals surface area contributed by atoms with Crippen molar-refractivity contribution in [3.8, 4) is 0 Å². The highest BCUT2D eigenvalue weighted by molar-refractivity contribution is 5.80. The molecule has 3 fully saturated rings.